The third-order valence-corrected chi connectivity index (χ3v) is 2.82. The van der Waals surface area contributed by atoms with Gasteiger partial charge in [-0.3, -0.25) is 4.79 Å². The van der Waals surface area contributed by atoms with Gasteiger partial charge in [0.15, 0.2) is 0 Å². The summed E-state index contributed by atoms with van der Waals surface area (Å²) in [4.78, 5) is 13.9. The number of amides is 1. The summed E-state index contributed by atoms with van der Waals surface area (Å²) in [6.07, 6.45) is 0.978. The highest BCUT2D eigenvalue weighted by Gasteiger charge is 2.22. The summed E-state index contributed by atoms with van der Waals surface area (Å²) < 4.78 is 0. The van der Waals surface area contributed by atoms with Crippen molar-refractivity contribution in [1.29, 1.82) is 0 Å². The summed E-state index contributed by atoms with van der Waals surface area (Å²) in [7, 11) is 1.91. The van der Waals surface area contributed by atoms with Gasteiger partial charge in [-0.1, -0.05) is 18.2 Å². The van der Waals surface area contributed by atoms with Gasteiger partial charge in [0, 0.05) is 25.2 Å². The Balaban J connectivity index is 2.15. The highest BCUT2D eigenvalue weighted by Crippen LogP contribution is 2.17. The summed E-state index contributed by atoms with van der Waals surface area (Å²) in [5.74, 6) is 0.173. The van der Waals surface area contributed by atoms with Gasteiger partial charge in [-0.05, 0) is 25.1 Å². The number of hydrogen-bond donors (Lipinski definition) is 1. The average Bonchev–Trinajstić information content (AvgIpc) is 2.29. The molecule has 2 rings (SSSR count). The molecule has 1 aromatic rings. The van der Waals surface area contributed by atoms with E-state index in [1.54, 1.807) is 0 Å². The first-order valence-corrected chi connectivity index (χ1v) is 5.34. The van der Waals surface area contributed by atoms with Crippen molar-refractivity contribution in [1.82, 2.24) is 10.2 Å². The fourth-order valence-electron chi connectivity index (χ4n) is 1.93. The first-order valence-electron chi connectivity index (χ1n) is 5.34. The van der Waals surface area contributed by atoms with Gasteiger partial charge in [-0.15, -0.1) is 0 Å². The fourth-order valence-corrected chi connectivity index (χ4v) is 1.93. The Morgan fingerprint density at radius 2 is 2.20 bits per heavy atom. The number of benzene rings is 1. The van der Waals surface area contributed by atoms with Gasteiger partial charge in [0.05, 0.1) is 0 Å². The SMILES string of the molecule is CNCCN1CCc2ccccc2C1=O. The summed E-state index contributed by atoms with van der Waals surface area (Å²) in [6, 6.07) is 7.89. The van der Waals surface area contributed by atoms with Crippen LogP contribution in [0.15, 0.2) is 24.3 Å². The van der Waals surface area contributed by atoms with E-state index < -0.39 is 0 Å². The van der Waals surface area contributed by atoms with Crippen LogP contribution in [0.2, 0.25) is 0 Å². The van der Waals surface area contributed by atoms with Crippen molar-refractivity contribution in [3.63, 3.8) is 0 Å². The molecule has 1 amide bonds. The number of carbonyl (C=O) groups excluding carboxylic acids is 1. The lowest BCUT2D eigenvalue weighted by Gasteiger charge is -2.28. The maximum Gasteiger partial charge on any atom is 0.254 e. The number of fused-ring (bicyclic) bond motifs is 1. The van der Waals surface area contributed by atoms with Crippen LogP contribution in [-0.4, -0.2) is 37.5 Å². The second kappa shape index (κ2) is 4.45. The molecule has 0 bridgehead atoms. The van der Waals surface area contributed by atoms with Gasteiger partial charge >= 0.3 is 0 Å². The number of nitrogens with one attached hydrogen (secondary N) is 1. The quantitative estimate of drug-likeness (QED) is 0.793. The third kappa shape index (κ3) is 2.02. The Kier molecular flexibility index (Phi) is 3.02. The van der Waals surface area contributed by atoms with Gasteiger partial charge in [0.1, 0.15) is 0 Å². The molecule has 1 aliphatic rings. The van der Waals surface area contributed by atoms with Crippen LogP contribution in [0.5, 0.6) is 0 Å². The maximum absolute atomic E-state index is 12.0. The predicted octanol–water partition coefficient (Wildman–Crippen LogP) is 0.904. The van der Waals surface area contributed by atoms with Crippen molar-refractivity contribution in [3.8, 4) is 0 Å². The maximum atomic E-state index is 12.0. The molecule has 0 saturated carbocycles. The van der Waals surface area contributed by atoms with E-state index in [4.69, 9.17) is 0 Å². The Hall–Kier alpha value is -1.35. The molecule has 0 aliphatic carbocycles. The molecule has 1 heterocycles. The van der Waals surface area contributed by atoms with Crippen LogP contribution in [0.1, 0.15) is 15.9 Å². The minimum Gasteiger partial charge on any atom is -0.337 e. The van der Waals surface area contributed by atoms with Gasteiger partial charge in [-0.25, -0.2) is 0 Å². The standard InChI is InChI=1S/C12H16N2O/c1-13-7-9-14-8-6-10-4-2-3-5-11(10)12(14)15/h2-5,13H,6-9H2,1H3. The predicted molar refractivity (Wildman–Crippen MR) is 60.0 cm³/mol. The normalized spacial score (nSPS) is 15.3. The van der Waals surface area contributed by atoms with Crippen molar-refractivity contribution in [2.45, 2.75) is 6.42 Å². The monoisotopic (exact) mass is 204 g/mol. The summed E-state index contributed by atoms with van der Waals surface area (Å²) in [5.41, 5.74) is 2.06. The lowest BCUT2D eigenvalue weighted by Crippen LogP contribution is -2.40. The minimum atomic E-state index is 0.173. The van der Waals surface area contributed by atoms with E-state index in [2.05, 4.69) is 5.32 Å². The Labute approximate surface area is 90.1 Å². The first kappa shape index (κ1) is 10.2. The molecule has 1 aliphatic heterocycles. The molecule has 80 valence electrons. The van der Waals surface area contributed by atoms with Crippen molar-refractivity contribution in [3.05, 3.63) is 35.4 Å². The zero-order valence-corrected chi connectivity index (χ0v) is 8.99. The molecule has 0 fully saturated rings. The molecule has 0 saturated heterocycles. The molecule has 3 heteroatoms. The van der Waals surface area contributed by atoms with E-state index >= 15 is 0 Å². The zero-order valence-electron chi connectivity index (χ0n) is 8.99. The van der Waals surface area contributed by atoms with Gasteiger partial charge in [0.2, 0.25) is 0 Å². The van der Waals surface area contributed by atoms with Crippen molar-refractivity contribution >= 4 is 5.91 Å². The van der Waals surface area contributed by atoms with Crippen molar-refractivity contribution in [2.75, 3.05) is 26.7 Å². The largest absolute Gasteiger partial charge is 0.337 e. The minimum absolute atomic E-state index is 0.173. The van der Waals surface area contributed by atoms with E-state index in [9.17, 15) is 4.79 Å². The molecular weight excluding hydrogens is 188 g/mol. The third-order valence-electron chi connectivity index (χ3n) is 2.82. The second-order valence-electron chi connectivity index (χ2n) is 3.80. The number of hydrogen-bond acceptors (Lipinski definition) is 2. The smallest absolute Gasteiger partial charge is 0.254 e. The van der Waals surface area contributed by atoms with Gasteiger partial charge < -0.3 is 10.2 Å². The van der Waals surface area contributed by atoms with Crippen LogP contribution in [-0.2, 0) is 6.42 Å². The number of rotatable bonds is 3. The van der Waals surface area contributed by atoms with E-state index in [-0.39, 0.29) is 5.91 Å². The lowest BCUT2D eigenvalue weighted by molar-refractivity contribution is 0.0742. The summed E-state index contributed by atoms with van der Waals surface area (Å²) in [5, 5.41) is 3.07. The van der Waals surface area contributed by atoms with Crippen molar-refractivity contribution in [2.24, 2.45) is 0 Å². The molecule has 3 nitrogen and oxygen atoms in total. The molecule has 1 N–H and O–H groups in total. The number of nitrogens with zero attached hydrogens (tertiary/aromatic N) is 1. The van der Waals surface area contributed by atoms with Crippen molar-refractivity contribution < 1.29 is 4.79 Å². The van der Waals surface area contributed by atoms with Crippen LogP contribution in [0.3, 0.4) is 0 Å². The van der Waals surface area contributed by atoms with Gasteiger partial charge in [-0.2, -0.15) is 0 Å². The Morgan fingerprint density at radius 3 is 3.00 bits per heavy atom. The van der Waals surface area contributed by atoms with E-state index in [0.717, 1.165) is 31.6 Å². The van der Waals surface area contributed by atoms with E-state index in [0.29, 0.717) is 0 Å². The number of carbonyl (C=O) groups is 1. The Morgan fingerprint density at radius 1 is 1.40 bits per heavy atom. The van der Waals surface area contributed by atoms with E-state index in [1.807, 2.05) is 36.2 Å². The molecule has 15 heavy (non-hydrogen) atoms. The fraction of sp³-hybridized carbons (Fsp3) is 0.417. The lowest BCUT2D eigenvalue weighted by atomic mass is 9.99. The van der Waals surface area contributed by atoms with Gasteiger partial charge in [0.25, 0.3) is 5.91 Å². The van der Waals surface area contributed by atoms with Crippen LogP contribution in [0, 0.1) is 0 Å². The molecule has 0 spiro atoms. The molecule has 0 atom stereocenters. The molecule has 0 radical (unpaired) electrons. The molecule has 0 unspecified atom stereocenters. The van der Waals surface area contributed by atoms with Crippen LogP contribution in [0.4, 0.5) is 0 Å². The first-order chi connectivity index (χ1) is 7.33. The molecule has 0 aromatic heterocycles. The molecular formula is C12H16N2O. The highest BCUT2D eigenvalue weighted by atomic mass is 16.2. The molecule has 1 aromatic carbocycles. The summed E-state index contributed by atoms with van der Waals surface area (Å²) >= 11 is 0. The highest BCUT2D eigenvalue weighted by molar-refractivity contribution is 5.96. The van der Waals surface area contributed by atoms with Crippen LogP contribution >= 0.6 is 0 Å². The number of likely N-dealkylation sites (N-methyl/N-ethyl adjacent to an activating group) is 1. The topological polar surface area (TPSA) is 32.3 Å². The van der Waals surface area contributed by atoms with E-state index in [1.165, 1.54) is 5.56 Å². The van der Waals surface area contributed by atoms with Crippen LogP contribution in [0.25, 0.3) is 0 Å². The average molecular weight is 204 g/mol. The zero-order chi connectivity index (χ0) is 10.7. The van der Waals surface area contributed by atoms with Crippen LogP contribution < -0.4 is 5.32 Å². The second-order valence-corrected chi connectivity index (χ2v) is 3.80. The Bertz CT molecular complexity index is 362. The summed E-state index contributed by atoms with van der Waals surface area (Å²) in [6.45, 7) is 2.50.